The number of morpholine rings is 1. The molecule has 2 heterocycles. The van der Waals surface area contributed by atoms with Crippen molar-refractivity contribution in [3.8, 4) is 0 Å². The third-order valence-corrected chi connectivity index (χ3v) is 5.33. The van der Waals surface area contributed by atoms with Gasteiger partial charge < -0.3 is 15.0 Å². The monoisotopic (exact) mass is 357 g/mol. The Hall–Kier alpha value is -1.85. The van der Waals surface area contributed by atoms with Crippen molar-refractivity contribution >= 4 is 16.8 Å². The van der Waals surface area contributed by atoms with Crippen molar-refractivity contribution in [3.63, 3.8) is 0 Å². The van der Waals surface area contributed by atoms with E-state index in [1.807, 2.05) is 0 Å². The first-order valence-corrected chi connectivity index (χ1v) is 9.65. The number of rotatable bonds is 6. The minimum Gasteiger partial charge on any atom is -0.379 e. The molecule has 1 fully saturated rings. The van der Waals surface area contributed by atoms with Crippen LogP contribution in [0, 0.1) is 20.8 Å². The van der Waals surface area contributed by atoms with E-state index in [1.165, 1.54) is 16.5 Å². The molecule has 1 saturated heterocycles. The summed E-state index contributed by atoms with van der Waals surface area (Å²) in [5, 5.41) is 4.44. The molecular weight excluding hydrogens is 326 g/mol. The van der Waals surface area contributed by atoms with E-state index in [9.17, 15) is 4.79 Å². The predicted molar refractivity (Wildman–Crippen MR) is 106 cm³/mol. The summed E-state index contributed by atoms with van der Waals surface area (Å²) in [6.07, 6.45) is 1.36. The van der Waals surface area contributed by atoms with Crippen molar-refractivity contribution in [2.24, 2.45) is 0 Å². The van der Waals surface area contributed by atoms with Crippen molar-refractivity contribution in [3.05, 3.63) is 34.5 Å². The number of aryl methyl sites for hydroxylation is 3. The number of hydrogen-bond donors (Lipinski definition) is 2. The molecular formula is C21H31N3O2. The molecule has 2 aromatic rings. The van der Waals surface area contributed by atoms with Crippen LogP contribution >= 0.6 is 0 Å². The number of aromatic nitrogens is 1. The van der Waals surface area contributed by atoms with E-state index in [0.29, 0.717) is 6.42 Å². The van der Waals surface area contributed by atoms with E-state index < -0.39 is 0 Å². The maximum atomic E-state index is 12.7. The van der Waals surface area contributed by atoms with Crippen LogP contribution < -0.4 is 5.32 Å². The Morgan fingerprint density at radius 2 is 2.00 bits per heavy atom. The first-order valence-electron chi connectivity index (χ1n) is 9.65. The fourth-order valence-electron chi connectivity index (χ4n) is 3.96. The highest BCUT2D eigenvalue weighted by Crippen LogP contribution is 2.27. The van der Waals surface area contributed by atoms with Gasteiger partial charge in [0.15, 0.2) is 0 Å². The second-order valence-electron chi connectivity index (χ2n) is 7.50. The van der Waals surface area contributed by atoms with Crippen LogP contribution in [0.15, 0.2) is 12.1 Å². The van der Waals surface area contributed by atoms with Gasteiger partial charge in [-0.1, -0.05) is 13.0 Å². The predicted octanol–water partition coefficient (Wildman–Crippen LogP) is 2.86. The number of amides is 1. The van der Waals surface area contributed by atoms with Crippen LogP contribution in [0.25, 0.3) is 10.9 Å². The van der Waals surface area contributed by atoms with Gasteiger partial charge in [-0.25, -0.2) is 0 Å². The molecule has 0 bridgehead atoms. The molecule has 5 nitrogen and oxygen atoms in total. The zero-order valence-corrected chi connectivity index (χ0v) is 16.4. The van der Waals surface area contributed by atoms with E-state index >= 15 is 0 Å². The summed E-state index contributed by atoms with van der Waals surface area (Å²) in [4.78, 5) is 18.5. The smallest absolute Gasteiger partial charge is 0.224 e. The second-order valence-corrected chi connectivity index (χ2v) is 7.50. The molecule has 1 aliphatic heterocycles. The third kappa shape index (κ3) is 4.27. The molecule has 1 amide bonds. The van der Waals surface area contributed by atoms with Gasteiger partial charge in [-0.2, -0.15) is 0 Å². The van der Waals surface area contributed by atoms with E-state index in [2.05, 4.69) is 55.0 Å². The first-order chi connectivity index (χ1) is 12.5. The zero-order valence-electron chi connectivity index (χ0n) is 16.4. The highest BCUT2D eigenvalue weighted by atomic mass is 16.5. The quantitative estimate of drug-likeness (QED) is 0.836. The van der Waals surface area contributed by atoms with Gasteiger partial charge in [0.1, 0.15) is 0 Å². The molecule has 1 aliphatic rings. The Morgan fingerprint density at radius 3 is 2.69 bits per heavy atom. The lowest BCUT2D eigenvalue weighted by molar-refractivity contribution is -0.121. The Balaban J connectivity index is 1.69. The average Bonchev–Trinajstić information content (AvgIpc) is 2.90. The van der Waals surface area contributed by atoms with Crippen LogP contribution in [0.3, 0.4) is 0 Å². The second kappa shape index (κ2) is 8.23. The SMILES string of the molecule is CC[C@@H](CN1CCOCC1)NC(=O)Cc1c(C)[nH]c2cc(C)cc(C)c12. The molecule has 0 radical (unpaired) electrons. The zero-order chi connectivity index (χ0) is 18.7. The molecule has 0 saturated carbocycles. The number of carbonyl (C=O) groups is 1. The van der Waals surface area contributed by atoms with Crippen molar-refractivity contribution in [1.82, 2.24) is 15.2 Å². The number of nitrogens with one attached hydrogen (secondary N) is 2. The maximum absolute atomic E-state index is 12.7. The summed E-state index contributed by atoms with van der Waals surface area (Å²) < 4.78 is 5.41. The number of fused-ring (bicyclic) bond motifs is 1. The van der Waals surface area contributed by atoms with Crippen LogP contribution in [-0.2, 0) is 16.0 Å². The normalized spacial score (nSPS) is 16.8. The molecule has 0 unspecified atom stereocenters. The van der Waals surface area contributed by atoms with Crippen LogP contribution in [0.1, 0.15) is 35.7 Å². The molecule has 0 aliphatic carbocycles. The van der Waals surface area contributed by atoms with Crippen LogP contribution in [0.5, 0.6) is 0 Å². The Labute approximate surface area is 156 Å². The van der Waals surface area contributed by atoms with Crippen molar-refractivity contribution in [2.45, 2.75) is 46.6 Å². The summed E-state index contributed by atoms with van der Waals surface area (Å²) in [6, 6.07) is 4.53. The summed E-state index contributed by atoms with van der Waals surface area (Å²) in [6.45, 7) is 12.8. The molecule has 1 aromatic heterocycles. The Kier molecular flexibility index (Phi) is 5.99. The van der Waals surface area contributed by atoms with Crippen molar-refractivity contribution < 1.29 is 9.53 Å². The van der Waals surface area contributed by atoms with Gasteiger partial charge in [0, 0.05) is 42.3 Å². The average molecular weight is 357 g/mol. The largest absolute Gasteiger partial charge is 0.379 e. The number of benzene rings is 1. The van der Waals surface area contributed by atoms with E-state index in [0.717, 1.165) is 56.0 Å². The lowest BCUT2D eigenvalue weighted by Crippen LogP contribution is -2.47. The fraction of sp³-hybridized carbons (Fsp3) is 0.571. The summed E-state index contributed by atoms with van der Waals surface area (Å²) in [5.41, 5.74) is 5.81. The number of H-pyrrole nitrogens is 1. The molecule has 26 heavy (non-hydrogen) atoms. The van der Waals surface area contributed by atoms with Crippen LogP contribution in [0.2, 0.25) is 0 Å². The topological polar surface area (TPSA) is 57.4 Å². The molecule has 142 valence electrons. The molecule has 1 aromatic carbocycles. The van der Waals surface area contributed by atoms with Crippen LogP contribution in [0.4, 0.5) is 0 Å². The standard InChI is InChI=1S/C21H31N3O2/c1-5-17(13-24-6-8-26-9-7-24)23-20(25)12-18-16(4)22-19-11-14(2)10-15(3)21(18)19/h10-11,17,22H,5-9,12-13H2,1-4H3,(H,23,25)/t17-/m0/s1. The number of nitrogens with zero attached hydrogens (tertiary/aromatic N) is 1. The van der Waals surface area contributed by atoms with Gasteiger partial charge in [-0.15, -0.1) is 0 Å². The summed E-state index contributed by atoms with van der Waals surface area (Å²) in [5.74, 6) is 0.106. The molecule has 1 atom stereocenters. The van der Waals surface area contributed by atoms with Crippen LogP contribution in [-0.4, -0.2) is 54.7 Å². The minimum absolute atomic E-state index is 0.106. The van der Waals surface area contributed by atoms with E-state index in [4.69, 9.17) is 4.74 Å². The lowest BCUT2D eigenvalue weighted by atomic mass is 10.0. The maximum Gasteiger partial charge on any atom is 0.224 e. The molecule has 3 rings (SSSR count). The summed E-state index contributed by atoms with van der Waals surface area (Å²) >= 11 is 0. The van der Waals surface area contributed by atoms with Gasteiger partial charge in [-0.05, 0) is 49.9 Å². The molecule has 2 N–H and O–H groups in total. The highest BCUT2D eigenvalue weighted by molar-refractivity contribution is 5.92. The Morgan fingerprint density at radius 1 is 1.27 bits per heavy atom. The molecule has 5 heteroatoms. The van der Waals surface area contributed by atoms with E-state index in [1.54, 1.807) is 0 Å². The molecule has 0 spiro atoms. The van der Waals surface area contributed by atoms with Gasteiger partial charge >= 0.3 is 0 Å². The van der Waals surface area contributed by atoms with Gasteiger partial charge in [0.25, 0.3) is 0 Å². The summed E-state index contributed by atoms with van der Waals surface area (Å²) in [7, 11) is 0. The first kappa shape index (κ1) is 18.9. The number of ether oxygens (including phenoxy) is 1. The Bertz CT molecular complexity index is 775. The fourth-order valence-corrected chi connectivity index (χ4v) is 3.96. The number of carbonyl (C=O) groups excluding carboxylic acids is 1. The van der Waals surface area contributed by atoms with Crippen molar-refractivity contribution in [1.29, 1.82) is 0 Å². The van der Waals surface area contributed by atoms with Gasteiger partial charge in [0.2, 0.25) is 5.91 Å². The minimum atomic E-state index is 0.106. The lowest BCUT2D eigenvalue weighted by Gasteiger charge is -2.30. The highest BCUT2D eigenvalue weighted by Gasteiger charge is 2.19. The van der Waals surface area contributed by atoms with Gasteiger partial charge in [0.05, 0.1) is 19.6 Å². The van der Waals surface area contributed by atoms with E-state index in [-0.39, 0.29) is 11.9 Å². The third-order valence-electron chi connectivity index (χ3n) is 5.33. The number of hydrogen-bond acceptors (Lipinski definition) is 3. The van der Waals surface area contributed by atoms with Crippen molar-refractivity contribution in [2.75, 3.05) is 32.8 Å². The van der Waals surface area contributed by atoms with Gasteiger partial charge in [-0.3, -0.25) is 9.69 Å². The number of aromatic amines is 1.